The fourth-order valence-electron chi connectivity index (χ4n) is 5.63. The molecule has 1 fully saturated rings. The number of fused-ring (bicyclic) bond motifs is 2. The number of aryl methyl sites for hydroxylation is 2. The number of aromatic nitrogens is 1. The van der Waals surface area contributed by atoms with Crippen molar-refractivity contribution in [2.75, 3.05) is 32.9 Å². The summed E-state index contributed by atoms with van der Waals surface area (Å²) in [4.78, 5) is 28.3. The zero-order chi connectivity index (χ0) is 25.8. The van der Waals surface area contributed by atoms with Gasteiger partial charge in [-0.25, -0.2) is 0 Å². The normalized spacial score (nSPS) is 17.0. The van der Waals surface area contributed by atoms with E-state index in [2.05, 4.69) is 35.2 Å². The smallest absolute Gasteiger partial charge is 0.312 e. The van der Waals surface area contributed by atoms with Crippen molar-refractivity contribution in [3.05, 3.63) is 70.0 Å². The molecule has 0 radical (unpaired) electrons. The monoisotopic (exact) mass is 504 g/mol. The molecule has 3 aromatic rings. The van der Waals surface area contributed by atoms with E-state index in [0.717, 1.165) is 66.9 Å². The number of pyridine rings is 1. The number of hydrogen-bond donors (Lipinski definition) is 0. The molecule has 3 heterocycles. The van der Waals surface area contributed by atoms with E-state index in [0.29, 0.717) is 32.8 Å². The number of carbonyl (C=O) groups excluding carboxylic acids is 1. The number of hydrogen-bond acceptors (Lipinski definition) is 6. The Bertz CT molecular complexity index is 1320. The molecule has 0 bridgehead atoms. The minimum Gasteiger partial charge on any atom is -0.486 e. The average Bonchev–Trinajstić information content (AvgIpc) is 2.91. The molecule has 1 aromatic heterocycles. The lowest BCUT2D eigenvalue weighted by molar-refractivity contribution is -0.159. The highest BCUT2D eigenvalue weighted by Gasteiger charge is 2.42. The van der Waals surface area contributed by atoms with Gasteiger partial charge < -0.3 is 18.8 Å². The molecular weight excluding hydrogens is 468 g/mol. The van der Waals surface area contributed by atoms with Crippen molar-refractivity contribution >= 4 is 16.9 Å². The van der Waals surface area contributed by atoms with Crippen LogP contribution in [0.4, 0.5) is 0 Å². The number of nitrogens with zero attached hydrogens (tertiary/aromatic N) is 2. The van der Waals surface area contributed by atoms with Crippen LogP contribution in [0.3, 0.4) is 0 Å². The Morgan fingerprint density at radius 1 is 1.00 bits per heavy atom. The second kappa shape index (κ2) is 11.0. The van der Waals surface area contributed by atoms with Gasteiger partial charge in [-0.15, -0.1) is 0 Å². The van der Waals surface area contributed by atoms with Crippen molar-refractivity contribution in [1.82, 2.24) is 9.47 Å². The molecule has 0 aliphatic carbocycles. The molecule has 7 nitrogen and oxygen atoms in total. The van der Waals surface area contributed by atoms with E-state index in [1.165, 1.54) is 5.56 Å². The molecule has 2 aliphatic rings. The predicted octanol–water partition coefficient (Wildman–Crippen LogP) is 4.71. The fourth-order valence-corrected chi connectivity index (χ4v) is 5.63. The van der Waals surface area contributed by atoms with Gasteiger partial charge in [-0.1, -0.05) is 18.2 Å². The number of esters is 1. The maximum Gasteiger partial charge on any atom is 0.312 e. The van der Waals surface area contributed by atoms with Gasteiger partial charge >= 0.3 is 5.97 Å². The zero-order valence-corrected chi connectivity index (χ0v) is 21.8. The number of carbonyl (C=O) groups is 1. The number of ether oxygens (including phenoxy) is 3. The summed E-state index contributed by atoms with van der Waals surface area (Å²) < 4.78 is 18.8. The number of piperidine rings is 1. The van der Waals surface area contributed by atoms with Crippen molar-refractivity contribution in [2.24, 2.45) is 5.41 Å². The maximum absolute atomic E-state index is 13.2. The van der Waals surface area contributed by atoms with E-state index in [4.69, 9.17) is 14.2 Å². The first-order valence-corrected chi connectivity index (χ1v) is 13.4. The highest BCUT2D eigenvalue weighted by Crippen LogP contribution is 2.39. The molecule has 0 spiro atoms. The van der Waals surface area contributed by atoms with Gasteiger partial charge in [-0.05, 0) is 93.4 Å². The van der Waals surface area contributed by atoms with Gasteiger partial charge in [0.05, 0.1) is 17.5 Å². The van der Waals surface area contributed by atoms with Crippen LogP contribution in [-0.4, -0.2) is 48.3 Å². The first-order chi connectivity index (χ1) is 18.0. The van der Waals surface area contributed by atoms with Gasteiger partial charge in [-0.2, -0.15) is 0 Å². The number of likely N-dealkylation sites (tertiary alicyclic amines) is 1. The van der Waals surface area contributed by atoms with Crippen molar-refractivity contribution in [2.45, 2.75) is 52.6 Å². The van der Waals surface area contributed by atoms with Gasteiger partial charge in [0.25, 0.3) is 5.56 Å². The van der Waals surface area contributed by atoms with E-state index in [1.807, 2.05) is 30.5 Å². The molecule has 0 amide bonds. The highest BCUT2D eigenvalue weighted by molar-refractivity contribution is 5.79. The first kappa shape index (κ1) is 25.3. The summed E-state index contributed by atoms with van der Waals surface area (Å²) in [7, 11) is 0. The average molecular weight is 505 g/mol. The standard InChI is InChI=1S/C30H36N2O5/c1-3-35-29(34)30(11-4-14-32-25-19-22(2)5-7-24(25)8-10-28(32)33)12-15-31(16-13-30)21-23-6-9-26-27(20-23)37-18-17-36-26/h5-10,19-20H,3-4,11-18,21H2,1-2H3. The topological polar surface area (TPSA) is 70.0 Å². The van der Waals surface area contributed by atoms with Crippen molar-refractivity contribution in [3.8, 4) is 11.5 Å². The van der Waals surface area contributed by atoms with Gasteiger partial charge in [0.15, 0.2) is 11.5 Å². The van der Waals surface area contributed by atoms with Crippen LogP contribution in [0, 0.1) is 12.3 Å². The Hall–Kier alpha value is -3.32. The van der Waals surface area contributed by atoms with Crippen molar-refractivity contribution in [1.29, 1.82) is 0 Å². The van der Waals surface area contributed by atoms with Gasteiger partial charge in [0.2, 0.25) is 0 Å². The highest BCUT2D eigenvalue weighted by atomic mass is 16.6. The molecule has 196 valence electrons. The van der Waals surface area contributed by atoms with Crippen molar-refractivity contribution in [3.63, 3.8) is 0 Å². The second-order valence-corrected chi connectivity index (χ2v) is 10.2. The lowest BCUT2D eigenvalue weighted by Gasteiger charge is -2.40. The van der Waals surface area contributed by atoms with Crippen LogP contribution in [0.2, 0.25) is 0 Å². The van der Waals surface area contributed by atoms with Crippen LogP contribution >= 0.6 is 0 Å². The molecule has 0 N–H and O–H groups in total. The lowest BCUT2D eigenvalue weighted by atomic mass is 9.74. The van der Waals surface area contributed by atoms with E-state index in [1.54, 1.807) is 6.07 Å². The molecule has 0 unspecified atom stereocenters. The molecule has 2 aromatic carbocycles. The van der Waals surface area contributed by atoms with E-state index >= 15 is 0 Å². The van der Waals surface area contributed by atoms with Crippen LogP contribution in [0.15, 0.2) is 53.3 Å². The molecule has 37 heavy (non-hydrogen) atoms. The Labute approximate surface area is 217 Å². The summed E-state index contributed by atoms with van der Waals surface area (Å²) in [6.07, 6.45) is 2.95. The quantitative estimate of drug-likeness (QED) is 0.414. The third kappa shape index (κ3) is 5.52. The Kier molecular flexibility index (Phi) is 7.51. The second-order valence-electron chi connectivity index (χ2n) is 10.2. The van der Waals surface area contributed by atoms with Crippen LogP contribution in [0.1, 0.15) is 43.7 Å². The summed E-state index contributed by atoms with van der Waals surface area (Å²) in [6.45, 7) is 8.47. The van der Waals surface area contributed by atoms with Gasteiger partial charge in [-0.3, -0.25) is 14.5 Å². The third-order valence-electron chi connectivity index (χ3n) is 7.72. The fraction of sp³-hybridized carbons (Fsp3) is 0.467. The van der Waals surface area contributed by atoms with E-state index in [9.17, 15) is 9.59 Å². The predicted molar refractivity (Wildman–Crippen MR) is 143 cm³/mol. The summed E-state index contributed by atoms with van der Waals surface area (Å²) in [6, 6.07) is 15.8. The summed E-state index contributed by atoms with van der Waals surface area (Å²) >= 11 is 0. The van der Waals surface area contributed by atoms with Crippen LogP contribution < -0.4 is 15.0 Å². The largest absolute Gasteiger partial charge is 0.486 e. The Morgan fingerprint density at radius 2 is 1.76 bits per heavy atom. The summed E-state index contributed by atoms with van der Waals surface area (Å²) in [5.41, 5.74) is 2.74. The van der Waals surface area contributed by atoms with Crippen molar-refractivity contribution < 1.29 is 19.0 Å². The first-order valence-electron chi connectivity index (χ1n) is 13.4. The van der Waals surface area contributed by atoms with Gasteiger partial charge in [0.1, 0.15) is 13.2 Å². The maximum atomic E-state index is 13.2. The molecule has 2 aliphatic heterocycles. The summed E-state index contributed by atoms with van der Waals surface area (Å²) in [5, 5.41) is 1.05. The lowest BCUT2D eigenvalue weighted by Crippen LogP contribution is -2.45. The SMILES string of the molecule is CCOC(=O)C1(CCCn2c(=O)ccc3ccc(C)cc32)CCN(Cc2ccc3c(c2)OCCO3)CC1. The minimum absolute atomic E-state index is 0.00228. The Balaban J connectivity index is 1.25. The van der Waals surface area contributed by atoms with Crippen LogP contribution in [-0.2, 0) is 22.6 Å². The minimum atomic E-state index is -0.510. The molecule has 0 saturated carbocycles. The van der Waals surface area contributed by atoms with Crippen LogP contribution in [0.5, 0.6) is 11.5 Å². The van der Waals surface area contributed by atoms with E-state index < -0.39 is 5.41 Å². The molecule has 7 heteroatoms. The zero-order valence-electron chi connectivity index (χ0n) is 21.8. The number of benzene rings is 2. The number of rotatable bonds is 8. The third-order valence-corrected chi connectivity index (χ3v) is 7.72. The molecule has 5 rings (SSSR count). The van der Waals surface area contributed by atoms with Gasteiger partial charge in [0, 0.05) is 19.2 Å². The molecule has 0 atom stereocenters. The van der Waals surface area contributed by atoms with E-state index in [-0.39, 0.29) is 11.5 Å². The molecular formula is C30H36N2O5. The Morgan fingerprint density at radius 3 is 2.54 bits per heavy atom. The molecule has 1 saturated heterocycles. The van der Waals surface area contributed by atoms with Crippen LogP contribution in [0.25, 0.3) is 10.9 Å². The summed E-state index contributed by atoms with van der Waals surface area (Å²) in [5.74, 6) is 1.51.